The van der Waals surface area contributed by atoms with Crippen molar-refractivity contribution in [2.24, 2.45) is 0 Å². The molecule has 0 saturated heterocycles. The van der Waals surface area contributed by atoms with E-state index in [1.165, 1.54) is 6.07 Å². The Labute approximate surface area is 91.4 Å². The summed E-state index contributed by atoms with van der Waals surface area (Å²) in [6.45, 7) is 1.71. The molecular weight excluding hydrogens is 266 g/mol. The number of hydrogen-bond donors (Lipinski definition) is 0. The van der Waals surface area contributed by atoms with Gasteiger partial charge in [-0.3, -0.25) is 0 Å². The number of sulfone groups is 1. The van der Waals surface area contributed by atoms with Crippen LogP contribution in [0.15, 0.2) is 21.5 Å². The Bertz CT molecular complexity index is 514. The minimum Gasteiger partial charge on any atom is -0.224 e. The van der Waals surface area contributed by atoms with Crippen LogP contribution in [-0.4, -0.2) is 14.7 Å². The first-order valence-electron chi connectivity index (χ1n) is 3.77. The third-order valence-corrected chi connectivity index (χ3v) is 3.87. The van der Waals surface area contributed by atoms with Crippen molar-refractivity contribution < 1.29 is 8.42 Å². The maximum Gasteiger partial charge on any atom is 0.176 e. The maximum absolute atomic E-state index is 11.3. The van der Waals surface area contributed by atoms with Gasteiger partial charge in [0.05, 0.1) is 10.5 Å². The normalized spacial score (nSPS) is 11.0. The molecule has 74 valence electrons. The fourth-order valence-corrected chi connectivity index (χ4v) is 2.32. The summed E-state index contributed by atoms with van der Waals surface area (Å²) in [5.41, 5.74) is 0.859. The van der Waals surface area contributed by atoms with E-state index in [2.05, 4.69) is 15.9 Å². The highest BCUT2D eigenvalue weighted by atomic mass is 79.9. The first kappa shape index (κ1) is 11.2. The largest absolute Gasteiger partial charge is 0.224 e. The zero-order valence-electron chi connectivity index (χ0n) is 7.70. The van der Waals surface area contributed by atoms with Crippen LogP contribution in [0.2, 0.25) is 0 Å². The lowest BCUT2D eigenvalue weighted by molar-refractivity contribution is 0.601. The Morgan fingerprint density at radius 1 is 1.43 bits per heavy atom. The van der Waals surface area contributed by atoms with Gasteiger partial charge in [-0.15, -0.1) is 0 Å². The summed E-state index contributed by atoms with van der Waals surface area (Å²) in [6.07, 6.45) is 1.09. The second kappa shape index (κ2) is 3.71. The van der Waals surface area contributed by atoms with Gasteiger partial charge in [-0.25, -0.2) is 8.42 Å². The summed E-state index contributed by atoms with van der Waals surface area (Å²) >= 11 is 3.24. The predicted molar refractivity (Wildman–Crippen MR) is 56.7 cm³/mol. The number of nitrogens with zero attached hydrogens (tertiary/aromatic N) is 1. The molecule has 0 bridgehead atoms. The molecule has 0 aliphatic heterocycles. The van der Waals surface area contributed by atoms with Crippen molar-refractivity contribution in [2.75, 3.05) is 6.26 Å². The molecule has 0 unspecified atom stereocenters. The lowest BCUT2D eigenvalue weighted by Crippen LogP contribution is -2.02. The number of hydrogen-bond acceptors (Lipinski definition) is 3. The topological polar surface area (TPSA) is 57.9 Å². The molecule has 3 nitrogen and oxygen atoms in total. The van der Waals surface area contributed by atoms with Crippen LogP contribution in [0.3, 0.4) is 0 Å². The molecule has 0 fully saturated rings. The molecule has 0 spiro atoms. The molecule has 0 amide bonds. The second-order valence-electron chi connectivity index (χ2n) is 2.93. The van der Waals surface area contributed by atoms with E-state index in [1.54, 1.807) is 13.0 Å². The Morgan fingerprint density at radius 2 is 2.00 bits per heavy atom. The molecule has 0 radical (unpaired) electrons. The minimum absolute atomic E-state index is 0.0840. The molecule has 1 aromatic carbocycles. The van der Waals surface area contributed by atoms with Gasteiger partial charge in [-0.05, 0) is 24.6 Å². The molecule has 0 aliphatic rings. The standard InChI is InChI=1S/C9H8BrNO2S/c1-6-7(5-11)9(14(2,12)13)4-3-8(6)10/h3-4H,1-2H3. The van der Waals surface area contributed by atoms with E-state index >= 15 is 0 Å². The number of benzene rings is 1. The van der Waals surface area contributed by atoms with Crippen molar-refractivity contribution in [1.29, 1.82) is 5.26 Å². The molecule has 14 heavy (non-hydrogen) atoms. The van der Waals surface area contributed by atoms with Crippen LogP contribution in [0.5, 0.6) is 0 Å². The van der Waals surface area contributed by atoms with Crippen molar-refractivity contribution in [3.63, 3.8) is 0 Å². The summed E-state index contributed by atoms with van der Waals surface area (Å²) in [4.78, 5) is 0.0840. The lowest BCUT2D eigenvalue weighted by Gasteiger charge is -2.05. The monoisotopic (exact) mass is 273 g/mol. The number of nitriles is 1. The maximum atomic E-state index is 11.3. The first-order valence-corrected chi connectivity index (χ1v) is 6.45. The third-order valence-electron chi connectivity index (χ3n) is 1.87. The number of halogens is 1. The smallest absolute Gasteiger partial charge is 0.176 e. The fourth-order valence-electron chi connectivity index (χ4n) is 1.11. The summed E-state index contributed by atoms with van der Waals surface area (Å²) in [6, 6.07) is 4.97. The minimum atomic E-state index is -3.33. The van der Waals surface area contributed by atoms with Gasteiger partial charge in [0.25, 0.3) is 0 Å². The SMILES string of the molecule is Cc1c(Br)ccc(S(C)(=O)=O)c1C#N. The van der Waals surface area contributed by atoms with Crippen molar-refractivity contribution >= 4 is 25.8 Å². The zero-order chi connectivity index (χ0) is 10.9. The predicted octanol–water partition coefficient (Wildman–Crippen LogP) is 2.03. The molecule has 0 aromatic heterocycles. The summed E-state index contributed by atoms with van der Waals surface area (Å²) in [7, 11) is -3.33. The van der Waals surface area contributed by atoms with E-state index < -0.39 is 9.84 Å². The van der Waals surface area contributed by atoms with E-state index in [0.29, 0.717) is 5.56 Å². The molecule has 0 atom stereocenters. The van der Waals surface area contributed by atoms with Crippen LogP contribution in [0, 0.1) is 18.3 Å². The molecule has 0 aliphatic carbocycles. The lowest BCUT2D eigenvalue weighted by atomic mass is 10.1. The third kappa shape index (κ3) is 1.97. The highest BCUT2D eigenvalue weighted by molar-refractivity contribution is 9.10. The molecule has 1 rings (SSSR count). The van der Waals surface area contributed by atoms with E-state index in [4.69, 9.17) is 5.26 Å². The van der Waals surface area contributed by atoms with Crippen LogP contribution >= 0.6 is 15.9 Å². The van der Waals surface area contributed by atoms with Gasteiger partial charge in [-0.1, -0.05) is 15.9 Å². The van der Waals surface area contributed by atoms with E-state index in [1.807, 2.05) is 6.07 Å². The summed E-state index contributed by atoms with van der Waals surface area (Å²) in [5, 5.41) is 8.85. The highest BCUT2D eigenvalue weighted by Crippen LogP contribution is 2.25. The molecule has 0 saturated carbocycles. The fraction of sp³-hybridized carbons (Fsp3) is 0.222. The van der Waals surface area contributed by atoms with Crippen LogP contribution in [-0.2, 0) is 9.84 Å². The Hall–Kier alpha value is -0.860. The Morgan fingerprint density at radius 3 is 2.43 bits per heavy atom. The van der Waals surface area contributed by atoms with Gasteiger partial charge in [0.15, 0.2) is 9.84 Å². The van der Waals surface area contributed by atoms with Gasteiger partial charge >= 0.3 is 0 Å². The molecule has 0 heterocycles. The van der Waals surface area contributed by atoms with Crippen molar-refractivity contribution in [3.05, 3.63) is 27.7 Å². The quantitative estimate of drug-likeness (QED) is 0.787. The van der Waals surface area contributed by atoms with E-state index in [-0.39, 0.29) is 10.5 Å². The summed E-state index contributed by atoms with van der Waals surface area (Å²) < 4.78 is 23.4. The van der Waals surface area contributed by atoms with Crippen LogP contribution in [0.4, 0.5) is 0 Å². The van der Waals surface area contributed by atoms with Crippen LogP contribution in [0.1, 0.15) is 11.1 Å². The van der Waals surface area contributed by atoms with Crippen molar-refractivity contribution in [1.82, 2.24) is 0 Å². The average Bonchev–Trinajstić information content (AvgIpc) is 2.07. The molecular formula is C9H8BrNO2S. The van der Waals surface area contributed by atoms with Gasteiger partial charge < -0.3 is 0 Å². The van der Waals surface area contributed by atoms with Gasteiger partial charge in [-0.2, -0.15) is 5.26 Å². The molecule has 1 aromatic rings. The Balaban J connectivity index is 3.66. The molecule has 0 N–H and O–H groups in total. The Kier molecular flexibility index (Phi) is 2.98. The van der Waals surface area contributed by atoms with Crippen LogP contribution in [0.25, 0.3) is 0 Å². The highest BCUT2D eigenvalue weighted by Gasteiger charge is 2.16. The van der Waals surface area contributed by atoms with Crippen molar-refractivity contribution in [2.45, 2.75) is 11.8 Å². The number of rotatable bonds is 1. The van der Waals surface area contributed by atoms with Crippen LogP contribution < -0.4 is 0 Å². The molecule has 5 heteroatoms. The van der Waals surface area contributed by atoms with E-state index in [9.17, 15) is 8.42 Å². The summed E-state index contributed by atoms with van der Waals surface area (Å²) in [5.74, 6) is 0. The second-order valence-corrected chi connectivity index (χ2v) is 5.77. The van der Waals surface area contributed by atoms with Gasteiger partial charge in [0.2, 0.25) is 0 Å². The average molecular weight is 274 g/mol. The van der Waals surface area contributed by atoms with E-state index in [0.717, 1.165) is 10.7 Å². The van der Waals surface area contributed by atoms with Gasteiger partial charge in [0, 0.05) is 10.7 Å². The first-order chi connectivity index (χ1) is 6.38. The zero-order valence-corrected chi connectivity index (χ0v) is 10.1. The van der Waals surface area contributed by atoms with Gasteiger partial charge in [0.1, 0.15) is 6.07 Å². The van der Waals surface area contributed by atoms with Crippen molar-refractivity contribution in [3.8, 4) is 6.07 Å².